The smallest absolute Gasteiger partial charge is 0.340 e. The van der Waals surface area contributed by atoms with E-state index in [1.54, 1.807) is 19.9 Å². The fourth-order valence-electron chi connectivity index (χ4n) is 5.77. The normalized spacial score (nSPS) is 17.2. The summed E-state index contributed by atoms with van der Waals surface area (Å²) >= 11 is 5.95. The highest BCUT2D eigenvalue weighted by molar-refractivity contribution is 6.35. The summed E-state index contributed by atoms with van der Waals surface area (Å²) in [5.74, 6) is -1.21. The number of rotatable bonds is 11. The third-order valence-electron chi connectivity index (χ3n) is 8.13. The van der Waals surface area contributed by atoms with Gasteiger partial charge in [-0.2, -0.15) is 0 Å². The zero-order chi connectivity index (χ0) is 32.1. The Hall–Kier alpha value is -4.29. The van der Waals surface area contributed by atoms with E-state index in [4.69, 9.17) is 16.3 Å². The summed E-state index contributed by atoms with van der Waals surface area (Å²) in [6.07, 6.45) is 7.32. The Kier molecular flexibility index (Phi) is 10.1. The van der Waals surface area contributed by atoms with Crippen molar-refractivity contribution in [3.8, 4) is 0 Å². The summed E-state index contributed by atoms with van der Waals surface area (Å²) in [5, 5.41) is 8.70. The van der Waals surface area contributed by atoms with Crippen molar-refractivity contribution in [1.82, 2.24) is 25.2 Å². The number of amides is 2. The first-order valence-electron chi connectivity index (χ1n) is 15.2. The van der Waals surface area contributed by atoms with Gasteiger partial charge in [0.15, 0.2) is 0 Å². The molecule has 0 spiro atoms. The van der Waals surface area contributed by atoms with Crippen molar-refractivity contribution in [3.63, 3.8) is 0 Å². The van der Waals surface area contributed by atoms with Gasteiger partial charge in [0.05, 0.1) is 34.8 Å². The van der Waals surface area contributed by atoms with Crippen LogP contribution < -0.4 is 16.0 Å². The van der Waals surface area contributed by atoms with Crippen LogP contribution in [0.4, 0.5) is 21.7 Å². The minimum Gasteiger partial charge on any atom is -0.462 e. The van der Waals surface area contributed by atoms with Crippen molar-refractivity contribution in [2.24, 2.45) is 0 Å². The van der Waals surface area contributed by atoms with E-state index in [2.05, 4.69) is 42.7 Å². The highest BCUT2D eigenvalue weighted by atomic mass is 35.5. The molecule has 238 valence electrons. The Morgan fingerprint density at radius 3 is 2.84 bits per heavy atom. The van der Waals surface area contributed by atoms with Crippen LogP contribution in [0, 0.1) is 12.7 Å². The van der Waals surface area contributed by atoms with E-state index in [0.29, 0.717) is 46.6 Å². The van der Waals surface area contributed by atoms with Crippen molar-refractivity contribution in [1.29, 1.82) is 0 Å². The number of piperidine rings is 1. The number of ether oxygens (including phenoxy) is 1. The topological polar surface area (TPSA) is 141 Å². The maximum atomic E-state index is 13.7. The van der Waals surface area contributed by atoms with Gasteiger partial charge in [-0.05, 0) is 76.4 Å². The van der Waals surface area contributed by atoms with Gasteiger partial charge < -0.3 is 30.6 Å². The molecule has 4 heterocycles. The average Bonchev–Trinajstić information content (AvgIpc) is 3.49. The third-order valence-corrected chi connectivity index (χ3v) is 8.42. The third kappa shape index (κ3) is 7.34. The number of H-pyrrole nitrogens is 1. The molecule has 0 unspecified atom stereocenters. The van der Waals surface area contributed by atoms with E-state index in [-0.39, 0.29) is 40.9 Å². The van der Waals surface area contributed by atoms with Crippen molar-refractivity contribution < 1.29 is 23.5 Å². The van der Waals surface area contributed by atoms with E-state index >= 15 is 0 Å². The second-order valence-corrected chi connectivity index (χ2v) is 11.6. The molecule has 0 saturated carbocycles. The number of likely N-dealkylation sites (tertiary alicyclic amines) is 1. The number of hydrogen-bond donors (Lipinski definition) is 4. The van der Waals surface area contributed by atoms with Crippen LogP contribution >= 0.6 is 11.6 Å². The highest BCUT2D eigenvalue weighted by Crippen LogP contribution is 2.38. The zero-order valence-electron chi connectivity index (χ0n) is 25.6. The van der Waals surface area contributed by atoms with E-state index in [1.165, 1.54) is 43.8 Å². The number of nitrogens with one attached hydrogen (secondary N) is 4. The molecule has 1 aromatic carbocycles. The molecule has 1 saturated heterocycles. The number of carbonyl (C=O) groups is 3. The maximum absolute atomic E-state index is 13.7. The molecule has 13 heteroatoms. The lowest BCUT2D eigenvalue weighted by molar-refractivity contribution is -0.120. The van der Waals surface area contributed by atoms with Crippen LogP contribution in [0.3, 0.4) is 0 Å². The summed E-state index contributed by atoms with van der Waals surface area (Å²) in [6.45, 7) is 8.38. The van der Waals surface area contributed by atoms with Gasteiger partial charge in [0.1, 0.15) is 23.8 Å². The number of aromatic nitrogens is 3. The van der Waals surface area contributed by atoms with E-state index in [0.717, 1.165) is 19.5 Å². The lowest BCUT2D eigenvalue weighted by Gasteiger charge is -2.33. The number of benzene rings is 1. The Labute approximate surface area is 266 Å². The van der Waals surface area contributed by atoms with Crippen LogP contribution in [0.15, 0.2) is 24.5 Å². The van der Waals surface area contributed by atoms with Gasteiger partial charge in [-0.1, -0.05) is 18.0 Å². The van der Waals surface area contributed by atoms with Gasteiger partial charge in [0.2, 0.25) is 5.91 Å². The Morgan fingerprint density at radius 1 is 1.27 bits per heavy atom. The molecule has 0 aliphatic carbocycles. The van der Waals surface area contributed by atoms with Gasteiger partial charge in [-0.15, -0.1) is 0 Å². The lowest BCUT2D eigenvalue weighted by Crippen LogP contribution is -2.39. The van der Waals surface area contributed by atoms with Crippen molar-refractivity contribution >= 4 is 58.4 Å². The van der Waals surface area contributed by atoms with Gasteiger partial charge >= 0.3 is 5.97 Å². The number of hydrogen-bond acceptors (Lipinski definition) is 8. The molecule has 5 rings (SSSR count). The maximum Gasteiger partial charge on any atom is 0.340 e. The van der Waals surface area contributed by atoms with E-state index in [1.807, 2.05) is 0 Å². The fraction of sp³-hybridized carbons (Fsp3) is 0.406. The zero-order valence-corrected chi connectivity index (χ0v) is 26.3. The largest absolute Gasteiger partial charge is 0.462 e. The van der Waals surface area contributed by atoms with Gasteiger partial charge in [0.25, 0.3) is 5.91 Å². The molecule has 2 aliphatic rings. The molecule has 3 aromatic rings. The van der Waals surface area contributed by atoms with Crippen molar-refractivity contribution in [2.75, 3.05) is 36.9 Å². The minimum atomic E-state index is -0.566. The van der Waals surface area contributed by atoms with E-state index in [9.17, 15) is 18.8 Å². The molecule has 2 aliphatic heterocycles. The minimum absolute atomic E-state index is 0.0672. The summed E-state index contributed by atoms with van der Waals surface area (Å²) in [4.78, 5) is 53.2. The lowest BCUT2D eigenvalue weighted by atomic mass is 10.0. The molecule has 0 bridgehead atoms. The standard InChI is InChI=1S/C32H37ClFN7O4/c1-4-45-32(44)27-19(3)24(39-25(27)16-26(42)35-11-7-13-41-12-6-5-8-18(41)2)15-21-28-29(36-17-37-30(28)40-31(21)43)38-20-9-10-23(34)22(33)14-20/h9-10,14-15,17-18,39H,4-8,11-13,16H2,1-3H3,(H,35,42)(H2,36,37,38,40,43)/b21-15-/t18-/m1/s1. The SMILES string of the molecule is CCOC(=O)c1c(CC(=O)NCCCN2CCCC[C@H]2C)[nH]c(/C=C2\C(=O)Nc3ncnc(Nc4ccc(F)c(Cl)c4)c32)c1C. The van der Waals surface area contributed by atoms with Crippen LogP contribution in [0.5, 0.6) is 0 Å². The first kappa shape index (κ1) is 32.1. The van der Waals surface area contributed by atoms with Gasteiger partial charge in [-0.3, -0.25) is 9.59 Å². The highest BCUT2D eigenvalue weighted by Gasteiger charge is 2.31. The van der Waals surface area contributed by atoms with Crippen molar-refractivity contribution in [2.45, 2.75) is 58.9 Å². The molecule has 4 N–H and O–H groups in total. The molecule has 1 fully saturated rings. The second kappa shape index (κ2) is 14.2. The summed E-state index contributed by atoms with van der Waals surface area (Å²) in [7, 11) is 0. The molecule has 11 nitrogen and oxygen atoms in total. The predicted molar refractivity (Wildman–Crippen MR) is 171 cm³/mol. The van der Waals surface area contributed by atoms with Crippen LogP contribution in [0.1, 0.15) is 72.4 Å². The number of nitrogens with zero attached hydrogens (tertiary/aromatic N) is 3. The van der Waals surface area contributed by atoms with Crippen LogP contribution in [-0.4, -0.2) is 69.9 Å². The Balaban J connectivity index is 1.38. The molecule has 0 radical (unpaired) electrons. The number of esters is 1. The number of carbonyl (C=O) groups excluding carboxylic acids is 3. The average molecular weight is 638 g/mol. The van der Waals surface area contributed by atoms with Gasteiger partial charge in [0, 0.05) is 36.2 Å². The summed E-state index contributed by atoms with van der Waals surface area (Å²) < 4.78 is 19.0. The first-order valence-corrected chi connectivity index (χ1v) is 15.5. The number of fused-ring (bicyclic) bond motifs is 1. The predicted octanol–water partition coefficient (Wildman–Crippen LogP) is 5.24. The van der Waals surface area contributed by atoms with Gasteiger partial charge in [-0.25, -0.2) is 19.2 Å². The Bertz CT molecular complexity index is 1640. The molecule has 2 aromatic heterocycles. The van der Waals surface area contributed by atoms with E-state index < -0.39 is 17.7 Å². The Morgan fingerprint density at radius 2 is 2.09 bits per heavy atom. The van der Waals surface area contributed by atoms with Crippen molar-refractivity contribution in [3.05, 3.63) is 63.4 Å². The molecular weight excluding hydrogens is 601 g/mol. The quantitative estimate of drug-likeness (QED) is 0.127. The number of anilines is 3. The number of halogens is 2. The summed E-state index contributed by atoms with van der Waals surface area (Å²) in [5.41, 5.74) is 2.70. The monoisotopic (exact) mass is 637 g/mol. The summed E-state index contributed by atoms with van der Waals surface area (Å²) in [6, 6.07) is 4.68. The number of aromatic amines is 1. The molecule has 45 heavy (non-hydrogen) atoms. The molecular formula is C32H37ClFN7O4. The molecule has 2 amide bonds. The first-order chi connectivity index (χ1) is 21.7. The van der Waals surface area contributed by atoms with Crippen LogP contribution in [0.2, 0.25) is 5.02 Å². The second-order valence-electron chi connectivity index (χ2n) is 11.2. The fourth-order valence-corrected chi connectivity index (χ4v) is 5.95. The van der Waals surface area contributed by atoms with Crippen LogP contribution in [-0.2, 0) is 20.7 Å². The molecule has 1 atom stereocenters. The van der Waals surface area contributed by atoms with Crippen LogP contribution in [0.25, 0.3) is 11.6 Å².